The predicted octanol–water partition coefficient (Wildman–Crippen LogP) is 2.32. The molecule has 0 fully saturated rings. The summed E-state index contributed by atoms with van der Waals surface area (Å²) in [6.07, 6.45) is 0. The molecule has 0 unspecified atom stereocenters. The maximum Gasteiger partial charge on any atom is 0.338 e. The molecule has 15 heavy (non-hydrogen) atoms. The Hall–Kier alpha value is -1.18. The maximum atomic E-state index is 11.3. The molecule has 80 valence electrons. The first kappa shape index (κ1) is 11.9. The standard InChI is InChI=1S/C9H8INO4/c1-15-9(12)8-3-2-7(11(13)14)4-6(8)5-10/h2-4H,5H2,1H3. The van der Waals surface area contributed by atoms with Gasteiger partial charge in [0.15, 0.2) is 0 Å². The average molecular weight is 321 g/mol. The summed E-state index contributed by atoms with van der Waals surface area (Å²) in [4.78, 5) is 21.3. The topological polar surface area (TPSA) is 69.4 Å². The zero-order chi connectivity index (χ0) is 11.4. The van der Waals surface area contributed by atoms with Crippen molar-refractivity contribution in [1.29, 1.82) is 0 Å². The van der Waals surface area contributed by atoms with E-state index in [0.717, 1.165) is 0 Å². The molecular formula is C9H8INO4. The zero-order valence-electron chi connectivity index (χ0n) is 7.90. The van der Waals surface area contributed by atoms with Crippen LogP contribution in [-0.2, 0) is 9.16 Å². The fourth-order valence-corrected chi connectivity index (χ4v) is 1.74. The molecule has 5 nitrogen and oxygen atoms in total. The number of hydrogen-bond acceptors (Lipinski definition) is 4. The summed E-state index contributed by atoms with van der Waals surface area (Å²) in [5.41, 5.74) is 0.962. The zero-order valence-corrected chi connectivity index (χ0v) is 10.1. The Morgan fingerprint density at radius 1 is 1.60 bits per heavy atom. The third-order valence-electron chi connectivity index (χ3n) is 1.85. The van der Waals surface area contributed by atoms with Crippen LogP contribution in [0.5, 0.6) is 0 Å². The Morgan fingerprint density at radius 2 is 2.27 bits per heavy atom. The van der Waals surface area contributed by atoms with Crippen LogP contribution in [0.3, 0.4) is 0 Å². The van der Waals surface area contributed by atoms with Gasteiger partial charge in [-0.05, 0) is 11.6 Å². The molecule has 0 spiro atoms. The molecule has 0 aromatic heterocycles. The van der Waals surface area contributed by atoms with Crippen molar-refractivity contribution >= 4 is 34.2 Å². The lowest BCUT2D eigenvalue weighted by Gasteiger charge is -2.04. The van der Waals surface area contributed by atoms with Crippen LogP contribution >= 0.6 is 22.6 Å². The molecule has 0 aliphatic rings. The second-order valence-corrected chi connectivity index (χ2v) is 3.49. The minimum absolute atomic E-state index is 0.0191. The Morgan fingerprint density at radius 3 is 2.73 bits per heavy atom. The fraction of sp³-hybridized carbons (Fsp3) is 0.222. The van der Waals surface area contributed by atoms with Crippen molar-refractivity contribution in [2.75, 3.05) is 7.11 Å². The van der Waals surface area contributed by atoms with E-state index in [2.05, 4.69) is 4.74 Å². The van der Waals surface area contributed by atoms with E-state index in [1.165, 1.54) is 25.3 Å². The molecule has 0 amide bonds. The van der Waals surface area contributed by atoms with Crippen molar-refractivity contribution in [2.24, 2.45) is 0 Å². The van der Waals surface area contributed by atoms with Crippen LogP contribution in [0.4, 0.5) is 5.69 Å². The van der Waals surface area contributed by atoms with Gasteiger partial charge in [0.05, 0.1) is 17.6 Å². The van der Waals surface area contributed by atoms with E-state index < -0.39 is 10.9 Å². The van der Waals surface area contributed by atoms with Gasteiger partial charge in [-0.15, -0.1) is 0 Å². The summed E-state index contributed by atoms with van der Waals surface area (Å²) in [6.45, 7) is 0. The summed E-state index contributed by atoms with van der Waals surface area (Å²) in [6, 6.07) is 4.10. The number of non-ortho nitro benzene ring substituents is 1. The van der Waals surface area contributed by atoms with Crippen molar-refractivity contribution in [1.82, 2.24) is 0 Å². The molecule has 0 atom stereocenters. The number of ether oxygens (including phenoxy) is 1. The third kappa shape index (κ3) is 2.65. The molecule has 1 aromatic carbocycles. The third-order valence-corrected chi connectivity index (χ3v) is 2.67. The van der Waals surface area contributed by atoms with Crippen molar-refractivity contribution in [3.8, 4) is 0 Å². The largest absolute Gasteiger partial charge is 0.465 e. The summed E-state index contributed by atoms with van der Waals surface area (Å²) in [7, 11) is 1.28. The van der Waals surface area contributed by atoms with E-state index >= 15 is 0 Å². The monoisotopic (exact) mass is 321 g/mol. The number of hydrogen-bond donors (Lipinski definition) is 0. The number of esters is 1. The van der Waals surface area contributed by atoms with Gasteiger partial charge in [0, 0.05) is 16.6 Å². The molecule has 1 rings (SSSR count). The van der Waals surface area contributed by atoms with Crippen molar-refractivity contribution in [2.45, 2.75) is 4.43 Å². The van der Waals surface area contributed by atoms with E-state index in [-0.39, 0.29) is 5.69 Å². The van der Waals surface area contributed by atoms with Crippen LogP contribution < -0.4 is 0 Å². The van der Waals surface area contributed by atoms with Crippen molar-refractivity contribution in [3.63, 3.8) is 0 Å². The van der Waals surface area contributed by atoms with E-state index in [1.54, 1.807) is 0 Å². The number of benzene rings is 1. The number of halogens is 1. The van der Waals surface area contributed by atoms with E-state index in [0.29, 0.717) is 15.6 Å². The number of carbonyl (C=O) groups excluding carboxylic acids is 1. The van der Waals surface area contributed by atoms with Gasteiger partial charge in [-0.1, -0.05) is 22.6 Å². The molecule has 0 heterocycles. The highest BCUT2D eigenvalue weighted by Crippen LogP contribution is 2.20. The molecule has 0 aliphatic heterocycles. The van der Waals surface area contributed by atoms with Crippen LogP contribution in [0, 0.1) is 10.1 Å². The molecule has 0 N–H and O–H groups in total. The minimum Gasteiger partial charge on any atom is -0.465 e. The first-order chi connectivity index (χ1) is 7.10. The number of nitro benzene ring substituents is 1. The Balaban J connectivity index is 3.20. The second-order valence-electron chi connectivity index (χ2n) is 2.72. The highest BCUT2D eigenvalue weighted by atomic mass is 127. The van der Waals surface area contributed by atoms with Crippen LogP contribution in [-0.4, -0.2) is 18.0 Å². The van der Waals surface area contributed by atoms with E-state index in [1.807, 2.05) is 22.6 Å². The smallest absolute Gasteiger partial charge is 0.338 e. The quantitative estimate of drug-likeness (QED) is 0.282. The van der Waals surface area contributed by atoms with E-state index in [9.17, 15) is 14.9 Å². The summed E-state index contributed by atoms with van der Waals surface area (Å²) in [5, 5.41) is 10.5. The van der Waals surface area contributed by atoms with Gasteiger partial charge in [0.2, 0.25) is 0 Å². The molecule has 0 saturated heterocycles. The molecule has 6 heteroatoms. The van der Waals surface area contributed by atoms with Gasteiger partial charge < -0.3 is 4.74 Å². The van der Waals surface area contributed by atoms with E-state index in [4.69, 9.17) is 0 Å². The minimum atomic E-state index is -0.489. The maximum absolute atomic E-state index is 11.3. The number of carbonyl (C=O) groups is 1. The SMILES string of the molecule is COC(=O)c1ccc([N+](=O)[O-])cc1CI. The summed E-state index contributed by atoms with van der Waals surface area (Å²) < 4.78 is 5.08. The van der Waals surface area contributed by atoms with Crippen molar-refractivity contribution in [3.05, 3.63) is 39.4 Å². The average Bonchev–Trinajstić information content (AvgIpc) is 2.27. The van der Waals surface area contributed by atoms with Gasteiger partial charge in [0.1, 0.15) is 0 Å². The first-order valence-corrected chi connectivity index (χ1v) is 5.54. The lowest BCUT2D eigenvalue weighted by Crippen LogP contribution is -2.05. The van der Waals surface area contributed by atoms with Crippen LogP contribution in [0.25, 0.3) is 0 Å². The van der Waals surface area contributed by atoms with Gasteiger partial charge in [-0.3, -0.25) is 10.1 Å². The molecule has 1 aromatic rings. The highest BCUT2D eigenvalue weighted by molar-refractivity contribution is 14.1. The van der Waals surface area contributed by atoms with Crippen LogP contribution in [0.15, 0.2) is 18.2 Å². The van der Waals surface area contributed by atoms with Gasteiger partial charge in [-0.2, -0.15) is 0 Å². The normalized spacial score (nSPS) is 9.73. The fourth-order valence-electron chi connectivity index (χ4n) is 1.11. The number of rotatable bonds is 3. The Kier molecular flexibility index (Phi) is 4.01. The van der Waals surface area contributed by atoms with Crippen molar-refractivity contribution < 1.29 is 14.5 Å². The number of nitro groups is 1. The molecule has 0 radical (unpaired) electrons. The summed E-state index contributed by atoms with van der Waals surface area (Å²) in [5.74, 6) is -0.475. The highest BCUT2D eigenvalue weighted by Gasteiger charge is 2.15. The summed E-state index contributed by atoms with van der Waals surface area (Å²) >= 11 is 2.04. The molecule has 0 saturated carbocycles. The molecule has 0 bridgehead atoms. The van der Waals surface area contributed by atoms with Gasteiger partial charge >= 0.3 is 5.97 Å². The lowest BCUT2D eigenvalue weighted by atomic mass is 10.1. The Bertz CT molecular complexity index is 405. The second kappa shape index (κ2) is 5.06. The molecular weight excluding hydrogens is 313 g/mol. The number of methoxy groups -OCH3 is 1. The number of nitrogens with zero attached hydrogens (tertiary/aromatic N) is 1. The molecule has 0 aliphatic carbocycles. The lowest BCUT2D eigenvalue weighted by molar-refractivity contribution is -0.384. The predicted molar refractivity (Wildman–Crippen MR) is 62.2 cm³/mol. The van der Waals surface area contributed by atoms with Crippen LogP contribution in [0.2, 0.25) is 0 Å². The van der Waals surface area contributed by atoms with Crippen LogP contribution in [0.1, 0.15) is 15.9 Å². The van der Waals surface area contributed by atoms with Gasteiger partial charge in [-0.25, -0.2) is 4.79 Å². The Labute approximate surface area is 99.7 Å². The number of alkyl halides is 1. The first-order valence-electron chi connectivity index (χ1n) is 4.01. The van der Waals surface area contributed by atoms with Gasteiger partial charge in [0.25, 0.3) is 5.69 Å².